The molecule has 0 radical (unpaired) electrons. The molecule has 1 heterocycles. The Hall–Kier alpha value is -2.76. The van der Waals surface area contributed by atoms with Gasteiger partial charge in [0.1, 0.15) is 5.75 Å². The molecule has 0 saturated carbocycles. The molecule has 20 heavy (non-hydrogen) atoms. The van der Waals surface area contributed by atoms with Crippen LogP contribution in [0.3, 0.4) is 0 Å². The van der Waals surface area contributed by atoms with Gasteiger partial charge in [0.05, 0.1) is 17.4 Å². The Morgan fingerprint density at radius 3 is 2.75 bits per heavy atom. The van der Waals surface area contributed by atoms with Crippen molar-refractivity contribution in [3.05, 3.63) is 42.1 Å². The van der Waals surface area contributed by atoms with Gasteiger partial charge in [0, 0.05) is 31.9 Å². The largest absolute Gasteiger partial charge is 0.478 e. The van der Waals surface area contributed by atoms with Gasteiger partial charge in [-0.25, -0.2) is 9.78 Å². The number of pyridine rings is 1. The van der Waals surface area contributed by atoms with E-state index in [0.717, 1.165) is 5.69 Å². The zero-order chi connectivity index (χ0) is 14.7. The summed E-state index contributed by atoms with van der Waals surface area (Å²) in [5.74, 6) is -0.353. The maximum absolute atomic E-state index is 11.0. The van der Waals surface area contributed by atoms with E-state index in [-0.39, 0.29) is 17.1 Å². The summed E-state index contributed by atoms with van der Waals surface area (Å²) in [6.07, 6.45) is 1.27. The summed E-state index contributed by atoms with van der Waals surface area (Å²) < 4.78 is 5.56. The standard InChI is InChI=1S/C14H15N3O3/c1-17(2)9-4-3-5-10(6-9)20-13-7-11(14(18)19)12(15)8-16-13/h3-8H,15H2,1-2H3,(H,18,19). The number of ether oxygens (including phenoxy) is 1. The fraction of sp³-hybridized carbons (Fsp3) is 0.143. The third-order valence-electron chi connectivity index (χ3n) is 2.70. The number of aromatic nitrogens is 1. The second-order valence-corrected chi connectivity index (χ2v) is 4.41. The first-order valence-corrected chi connectivity index (χ1v) is 5.91. The minimum absolute atomic E-state index is 0.0289. The molecule has 2 aromatic rings. The number of nitrogens with zero attached hydrogens (tertiary/aromatic N) is 2. The lowest BCUT2D eigenvalue weighted by atomic mass is 10.2. The molecule has 104 valence electrons. The van der Waals surface area contributed by atoms with Crippen molar-refractivity contribution in [1.29, 1.82) is 0 Å². The molecule has 0 aliphatic carbocycles. The van der Waals surface area contributed by atoms with Crippen LogP contribution in [0.4, 0.5) is 11.4 Å². The van der Waals surface area contributed by atoms with Crippen molar-refractivity contribution in [1.82, 2.24) is 4.98 Å². The highest BCUT2D eigenvalue weighted by atomic mass is 16.5. The van der Waals surface area contributed by atoms with Gasteiger partial charge in [0.25, 0.3) is 0 Å². The van der Waals surface area contributed by atoms with Crippen LogP contribution in [0.5, 0.6) is 11.6 Å². The van der Waals surface area contributed by atoms with Gasteiger partial charge >= 0.3 is 5.97 Å². The molecule has 0 aliphatic heterocycles. The minimum Gasteiger partial charge on any atom is -0.478 e. The van der Waals surface area contributed by atoms with Crippen molar-refractivity contribution in [2.24, 2.45) is 0 Å². The Bertz CT molecular complexity index is 641. The van der Waals surface area contributed by atoms with Crippen LogP contribution >= 0.6 is 0 Å². The van der Waals surface area contributed by atoms with E-state index in [9.17, 15) is 4.79 Å². The third kappa shape index (κ3) is 2.97. The normalized spacial score (nSPS) is 10.1. The average Bonchev–Trinajstić information content (AvgIpc) is 2.41. The number of nitrogens with two attached hydrogens (primary N) is 1. The molecule has 0 bridgehead atoms. The van der Waals surface area contributed by atoms with Crippen LogP contribution in [0.25, 0.3) is 0 Å². The number of hydrogen-bond donors (Lipinski definition) is 2. The zero-order valence-electron chi connectivity index (χ0n) is 11.2. The van der Waals surface area contributed by atoms with Gasteiger partial charge in [-0.1, -0.05) is 6.07 Å². The van der Waals surface area contributed by atoms with Gasteiger partial charge in [-0.2, -0.15) is 0 Å². The number of aromatic carboxylic acids is 1. The van der Waals surface area contributed by atoms with Crippen LogP contribution in [0.1, 0.15) is 10.4 Å². The fourth-order valence-corrected chi connectivity index (χ4v) is 1.63. The summed E-state index contributed by atoms with van der Waals surface area (Å²) in [7, 11) is 3.84. The van der Waals surface area contributed by atoms with Gasteiger partial charge in [0.2, 0.25) is 5.88 Å². The van der Waals surface area contributed by atoms with Crippen molar-refractivity contribution in [3.8, 4) is 11.6 Å². The number of nitrogen functional groups attached to an aromatic ring is 1. The number of hydrogen-bond acceptors (Lipinski definition) is 5. The van der Waals surface area contributed by atoms with Gasteiger partial charge in [0.15, 0.2) is 0 Å². The smallest absolute Gasteiger partial charge is 0.338 e. The molecule has 0 saturated heterocycles. The van der Waals surface area contributed by atoms with E-state index in [1.807, 2.05) is 37.2 Å². The summed E-state index contributed by atoms with van der Waals surface area (Å²) in [6, 6.07) is 8.69. The molecule has 2 rings (SSSR count). The van der Waals surface area contributed by atoms with E-state index in [0.29, 0.717) is 5.75 Å². The number of anilines is 2. The van der Waals surface area contributed by atoms with Crippen LogP contribution < -0.4 is 15.4 Å². The number of benzene rings is 1. The third-order valence-corrected chi connectivity index (χ3v) is 2.70. The van der Waals surface area contributed by atoms with E-state index >= 15 is 0 Å². The lowest BCUT2D eigenvalue weighted by Crippen LogP contribution is -2.08. The Morgan fingerprint density at radius 2 is 2.10 bits per heavy atom. The minimum atomic E-state index is -1.11. The lowest BCUT2D eigenvalue weighted by Gasteiger charge is -2.13. The molecule has 1 aromatic heterocycles. The predicted octanol–water partition coefficient (Wildman–Crippen LogP) is 2.22. The molecular weight excluding hydrogens is 258 g/mol. The molecule has 0 atom stereocenters. The molecule has 0 aliphatic rings. The van der Waals surface area contributed by atoms with E-state index in [2.05, 4.69) is 4.98 Å². The Balaban J connectivity index is 2.28. The molecule has 0 spiro atoms. The Labute approximate surface area is 116 Å². The Morgan fingerprint density at radius 1 is 1.35 bits per heavy atom. The summed E-state index contributed by atoms with van der Waals surface area (Å²) >= 11 is 0. The van der Waals surface area contributed by atoms with Crippen molar-refractivity contribution >= 4 is 17.3 Å². The van der Waals surface area contributed by atoms with Crippen molar-refractivity contribution in [2.75, 3.05) is 24.7 Å². The van der Waals surface area contributed by atoms with Crippen LogP contribution in [0, 0.1) is 0 Å². The number of carbonyl (C=O) groups is 1. The van der Waals surface area contributed by atoms with Crippen molar-refractivity contribution < 1.29 is 14.6 Å². The van der Waals surface area contributed by atoms with Gasteiger partial charge < -0.3 is 20.5 Å². The van der Waals surface area contributed by atoms with Crippen molar-refractivity contribution in [3.63, 3.8) is 0 Å². The summed E-state index contributed by atoms with van der Waals surface area (Å²) in [5, 5.41) is 9.00. The summed E-state index contributed by atoms with van der Waals surface area (Å²) in [5.41, 5.74) is 6.59. The SMILES string of the molecule is CN(C)c1cccc(Oc2cc(C(=O)O)c(N)cn2)c1. The average molecular weight is 273 g/mol. The van der Waals surface area contributed by atoms with E-state index in [4.69, 9.17) is 15.6 Å². The second-order valence-electron chi connectivity index (χ2n) is 4.41. The molecule has 6 heteroatoms. The molecule has 0 unspecified atom stereocenters. The first kappa shape index (κ1) is 13.7. The monoisotopic (exact) mass is 273 g/mol. The summed E-state index contributed by atoms with van der Waals surface area (Å²) in [4.78, 5) is 16.9. The molecule has 3 N–H and O–H groups in total. The van der Waals surface area contributed by atoms with Crippen LogP contribution in [0.2, 0.25) is 0 Å². The number of carboxylic acid groups (broad SMARTS) is 1. The molecule has 1 aromatic carbocycles. The van der Waals surface area contributed by atoms with E-state index in [1.165, 1.54) is 12.3 Å². The highest BCUT2D eigenvalue weighted by Gasteiger charge is 2.11. The maximum atomic E-state index is 11.0. The molecular formula is C14H15N3O3. The first-order valence-electron chi connectivity index (χ1n) is 5.91. The van der Waals surface area contributed by atoms with Crippen molar-refractivity contribution in [2.45, 2.75) is 0 Å². The fourth-order valence-electron chi connectivity index (χ4n) is 1.63. The lowest BCUT2D eigenvalue weighted by molar-refractivity contribution is 0.0697. The zero-order valence-corrected chi connectivity index (χ0v) is 11.2. The maximum Gasteiger partial charge on any atom is 0.338 e. The first-order chi connectivity index (χ1) is 9.47. The van der Waals surface area contributed by atoms with Crippen LogP contribution in [-0.2, 0) is 0 Å². The Kier molecular flexibility index (Phi) is 3.74. The van der Waals surface area contributed by atoms with Crippen LogP contribution in [0.15, 0.2) is 36.5 Å². The van der Waals surface area contributed by atoms with Gasteiger partial charge in [-0.15, -0.1) is 0 Å². The quantitative estimate of drug-likeness (QED) is 0.888. The highest BCUT2D eigenvalue weighted by molar-refractivity contribution is 5.93. The molecule has 0 amide bonds. The van der Waals surface area contributed by atoms with E-state index < -0.39 is 5.97 Å². The van der Waals surface area contributed by atoms with E-state index in [1.54, 1.807) is 6.07 Å². The van der Waals surface area contributed by atoms with Crippen LogP contribution in [-0.4, -0.2) is 30.2 Å². The number of carboxylic acids is 1. The van der Waals surface area contributed by atoms with Gasteiger partial charge in [-0.3, -0.25) is 0 Å². The molecule has 6 nitrogen and oxygen atoms in total. The highest BCUT2D eigenvalue weighted by Crippen LogP contribution is 2.25. The number of rotatable bonds is 4. The predicted molar refractivity (Wildman–Crippen MR) is 76.5 cm³/mol. The summed E-state index contributed by atoms with van der Waals surface area (Å²) in [6.45, 7) is 0. The van der Waals surface area contributed by atoms with Gasteiger partial charge in [-0.05, 0) is 12.1 Å². The topological polar surface area (TPSA) is 88.7 Å². The second kappa shape index (κ2) is 5.48. The molecule has 0 fully saturated rings.